The van der Waals surface area contributed by atoms with E-state index in [1.54, 1.807) is 24.3 Å². The summed E-state index contributed by atoms with van der Waals surface area (Å²) in [5.74, 6) is 3.34. The molecule has 1 N–H and O–H groups in total. The van der Waals surface area contributed by atoms with Crippen LogP contribution in [0.15, 0.2) is 18.2 Å². The van der Waals surface area contributed by atoms with Crippen molar-refractivity contribution >= 4 is 16.5 Å². The van der Waals surface area contributed by atoms with Crippen molar-refractivity contribution in [3.63, 3.8) is 0 Å². The van der Waals surface area contributed by atoms with Gasteiger partial charge < -0.3 is 5.32 Å². The number of benzene rings is 1. The fraction of sp³-hybridized carbons (Fsp3) is 0.421. The molecule has 0 saturated heterocycles. The van der Waals surface area contributed by atoms with Crippen LogP contribution in [0.2, 0.25) is 0 Å². The van der Waals surface area contributed by atoms with Crippen molar-refractivity contribution in [2.45, 2.75) is 39.0 Å². The van der Waals surface area contributed by atoms with Gasteiger partial charge in [0.25, 0.3) is 0 Å². The van der Waals surface area contributed by atoms with E-state index in [0.717, 1.165) is 28.7 Å². The summed E-state index contributed by atoms with van der Waals surface area (Å²) in [4.78, 5) is 5.92. The molecule has 1 atom stereocenters. The van der Waals surface area contributed by atoms with Gasteiger partial charge in [-0.1, -0.05) is 30.9 Å². The van der Waals surface area contributed by atoms with Crippen LogP contribution in [0, 0.1) is 37.9 Å². The van der Waals surface area contributed by atoms with E-state index in [2.05, 4.69) is 18.2 Å². The van der Waals surface area contributed by atoms with Crippen LogP contribution in [0.4, 0.5) is 9.52 Å². The number of nitrogens with one attached hydrogen (secondary N) is 1. The summed E-state index contributed by atoms with van der Waals surface area (Å²) in [7, 11) is 0. The number of rotatable bonds is 6. The summed E-state index contributed by atoms with van der Waals surface area (Å²) >= 11 is 1.62. The number of halogens is 1. The third-order valence-corrected chi connectivity index (χ3v) is 5.31. The maximum Gasteiger partial charge on any atom is 0.183 e. The lowest BCUT2D eigenvalue weighted by atomic mass is 9.89. The summed E-state index contributed by atoms with van der Waals surface area (Å²) < 4.78 is 14.0. The van der Waals surface area contributed by atoms with Gasteiger partial charge in [-0.3, -0.25) is 0 Å². The molecule has 0 spiro atoms. The topological polar surface area (TPSA) is 24.9 Å². The van der Waals surface area contributed by atoms with Gasteiger partial charge in [0, 0.05) is 10.8 Å². The van der Waals surface area contributed by atoms with Crippen LogP contribution in [-0.4, -0.2) is 11.5 Å². The Kier molecular flexibility index (Phi) is 4.68. The average molecular weight is 328 g/mol. The van der Waals surface area contributed by atoms with E-state index >= 15 is 0 Å². The van der Waals surface area contributed by atoms with Crippen molar-refractivity contribution in [2.75, 3.05) is 11.9 Å². The van der Waals surface area contributed by atoms with Crippen molar-refractivity contribution in [1.82, 2.24) is 4.98 Å². The van der Waals surface area contributed by atoms with Crippen LogP contribution in [0.5, 0.6) is 0 Å². The van der Waals surface area contributed by atoms with Crippen LogP contribution in [0.3, 0.4) is 0 Å². The molecule has 3 rings (SSSR count). The Morgan fingerprint density at radius 1 is 1.43 bits per heavy atom. The Labute approximate surface area is 141 Å². The number of hydrogen-bond donors (Lipinski definition) is 1. The molecular formula is C19H21FN2S. The third-order valence-electron chi connectivity index (χ3n) is 4.37. The first-order valence-corrected chi connectivity index (χ1v) is 8.81. The number of terminal acetylenes is 1. The van der Waals surface area contributed by atoms with Crippen molar-refractivity contribution < 1.29 is 4.39 Å². The monoisotopic (exact) mass is 328 g/mol. The number of aryl methyl sites for hydroxylation is 2. The second-order valence-corrected chi connectivity index (χ2v) is 7.46. The quantitative estimate of drug-likeness (QED) is 0.765. The molecule has 1 fully saturated rings. The SMILES string of the molecule is C#CCNc1nc([C@H](CC2CC2)c2ccc(C)c(F)c2)c(C)s1. The molecule has 1 saturated carbocycles. The first kappa shape index (κ1) is 16.0. The highest BCUT2D eigenvalue weighted by molar-refractivity contribution is 7.15. The number of nitrogens with zero attached hydrogens (tertiary/aromatic N) is 1. The highest BCUT2D eigenvalue weighted by Crippen LogP contribution is 2.43. The molecule has 0 amide bonds. The average Bonchev–Trinajstić information content (AvgIpc) is 3.28. The van der Waals surface area contributed by atoms with E-state index in [0.29, 0.717) is 12.1 Å². The second-order valence-electron chi connectivity index (χ2n) is 6.26. The fourth-order valence-electron chi connectivity index (χ4n) is 2.85. The summed E-state index contributed by atoms with van der Waals surface area (Å²) in [6.45, 7) is 4.35. The van der Waals surface area contributed by atoms with Crippen LogP contribution in [0.1, 0.15) is 46.9 Å². The molecular weight excluding hydrogens is 307 g/mol. The van der Waals surface area contributed by atoms with E-state index in [-0.39, 0.29) is 11.7 Å². The van der Waals surface area contributed by atoms with E-state index in [4.69, 9.17) is 11.4 Å². The lowest BCUT2D eigenvalue weighted by Crippen LogP contribution is -2.06. The Balaban J connectivity index is 1.93. The Bertz CT molecular complexity index is 740. The Hall–Kier alpha value is -1.86. The van der Waals surface area contributed by atoms with Gasteiger partial charge in [0.15, 0.2) is 5.13 Å². The highest BCUT2D eigenvalue weighted by atomic mass is 32.1. The van der Waals surface area contributed by atoms with Crippen molar-refractivity contribution in [3.05, 3.63) is 45.7 Å². The summed E-state index contributed by atoms with van der Waals surface area (Å²) in [6, 6.07) is 5.58. The number of anilines is 1. The van der Waals surface area contributed by atoms with E-state index in [1.807, 2.05) is 12.1 Å². The molecule has 0 radical (unpaired) electrons. The largest absolute Gasteiger partial charge is 0.351 e. The molecule has 0 aliphatic heterocycles. The molecule has 23 heavy (non-hydrogen) atoms. The summed E-state index contributed by atoms with van der Waals surface area (Å²) in [5.41, 5.74) is 2.77. The molecule has 1 aliphatic carbocycles. The van der Waals surface area contributed by atoms with Crippen molar-refractivity contribution in [3.8, 4) is 12.3 Å². The maximum atomic E-state index is 14.0. The zero-order valence-electron chi connectivity index (χ0n) is 13.5. The van der Waals surface area contributed by atoms with Crippen molar-refractivity contribution in [2.24, 2.45) is 5.92 Å². The van der Waals surface area contributed by atoms with Gasteiger partial charge in [0.2, 0.25) is 0 Å². The maximum absolute atomic E-state index is 14.0. The van der Waals surface area contributed by atoms with Crippen LogP contribution >= 0.6 is 11.3 Å². The number of aromatic nitrogens is 1. The molecule has 0 bridgehead atoms. The van der Waals surface area contributed by atoms with Gasteiger partial charge in [-0.2, -0.15) is 0 Å². The smallest absolute Gasteiger partial charge is 0.183 e. The molecule has 2 aromatic rings. The number of hydrogen-bond acceptors (Lipinski definition) is 3. The molecule has 0 unspecified atom stereocenters. The summed E-state index contributed by atoms with van der Waals surface area (Å²) in [6.07, 6.45) is 8.89. The minimum absolute atomic E-state index is 0.137. The van der Waals surface area contributed by atoms with E-state index in [1.165, 1.54) is 17.7 Å². The minimum atomic E-state index is -0.137. The highest BCUT2D eigenvalue weighted by Gasteiger charge is 2.30. The van der Waals surface area contributed by atoms with Gasteiger partial charge >= 0.3 is 0 Å². The molecule has 1 aromatic carbocycles. The predicted octanol–water partition coefficient (Wildman–Crippen LogP) is 4.88. The van der Waals surface area contributed by atoms with Gasteiger partial charge in [0.1, 0.15) is 5.82 Å². The normalized spacial score (nSPS) is 15.2. The Morgan fingerprint density at radius 2 is 2.22 bits per heavy atom. The van der Waals surface area contributed by atoms with Gasteiger partial charge in [-0.25, -0.2) is 9.37 Å². The number of thiazole rings is 1. The molecule has 1 heterocycles. The standard InChI is InChI=1S/C19H21FN2S/c1-4-9-21-19-22-18(13(3)23-19)16(10-14-6-7-14)15-8-5-12(2)17(20)11-15/h1,5,8,11,14,16H,6-7,9-10H2,2-3H3,(H,21,22)/t16-/m1/s1. The molecule has 1 aromatic heterocycles. The molecule has 1 aliphatic rings. The van der Waals surface area contributed by atoms with Crippen LogP contribution in [0.25, 0.3) is 0 Å². The zero-order valence-corrected chi connectivity index (χ0v) is 14.3. The van der Waals surface area contributed by atoms with Crippen LogP contribution < -0.4 is 5.32 Å². The second kappa shape index (κ2) is 6.72. The zero-order chi connectivity index (χ0) is 16.4. The Morgan fingerprint density at radius 3 is 2.87 bits per heavy atom. The van der Waals surface area contributed by atoms with E-state index < -0.39 is 0 Å². The predicted molar refractivity (Wildman–Crippen MR) is 94.5 cm³/mol. The van der Waals surface area contributed by atoms with E-state index in [9.17, 15) is 4.39 Å². The summed E-state index contributed by atoms with van der Waals surface area (Å²) in [5, 5.41) is 4.00. The fourth-order valence-corrected chi connectivity index (χ4v) is 3.72. The first-order valence-electron chi connectivity index (χ1n) is 7.99. The molecule has 4 heteroatoms. The van der Waals surface area contributed by atoms with Gasteiger partial charge in [-0.05, 0) is 43.4 Å². The molecule has 2 nitrogen and oxygen atoms in total. The first-order chi connectivity index (χ1) is 11.1. The minimum Gasteiger partial charge on any atom is -0.351 e. The molecule has 120 valence electrons. The van der Waals surface area contributed by atoms with Crippen LogP contribution in [-0.2, 0) is 0 Å². The third kappa shape index (κ3) is 3.73. The lowest BCUT2D eigenvalue weighted by molar-refractivity contribution is 0.600. The van der Waals surface area contributed by atoms with Gasteiger partial charge in [0.05, 0.1) is 12.2 Å². The lowest BCUT2D eigenvalue weighted by Gasteiger charge is -2.17. The van der Waals surface area contributed by atoms with Gasteiger partial charge in [-0.15, -0.1) is 17.8 Å². The van der Waals surface area contributed by atoms with Crippen molar-refractivity contribution in [1.29, 1.82) is 0 Å².